The lowest BCUT2D eigenvalue weighted by molar-refractivity contribution is -0.198. The molecular formula is C22H26N2O6. The number of amides is 2. The van der Waals surface area contributed by atoms with Gasteiger partial charge in [0, 0.05) is 39.0 Å². The summed E-state index contributed by atoms with van der Waals surface area (Å²) in [6.45, 7) is 3.19. The van der Waals surface area contributed by atoms with E-state index in [9.17, 15) is 14.4 Å². The van der Waals surface area contributed by atoms with Gasteiger partial charge in [0.25, 0.3) is 5.91 Å². The molecule has 2 saturated heterocycles. The van der Waals surface area contributed by atoms with Gasteiger partial charge in [0.05, 0.1) is 18.5 Å². The third-order valence-corrected chi connectivity index (χ3v) is 5.73. The van der Waals surface area contributed by atoms with E-state index in [1.807, 2.05) is 0 Å². The molecule has 2 unspecified atom stereocenters. The van der Waals surface area contributed by atoms with Crippen LogP contribution in [-0.2, 0) is 19.2 Å². The van der Waals surface area contributed by atoms with E-state index in [4.69, 9.17) is 14.3 Å². The molecule has 3 aliphatic heterocycles. The number of fused-ring (bicyclic) bond motifs is 1. The maximum atomic E-state index is 12.8. The molecule has 2 amide bonds. The third-order valence-electron chi connectivity index (χ3n) is 5.73. The number of nitrogens with one attached hydrogen (secondary N) is 1. The first-order chi connectivity index (χ1) is 14.4. The normalized spacial score (nSPS) is 26.0. The van der Waals surface area contributed by atoms with Crippen LogP contribution in [0.2, 0.25) is 0 Å². The van der Waals surface area contributed by atoms with E-state index in [0.717, 1.165) is 19.3 Å². The maximum absolute atomic E-state index is 12.8. The second kappa shape index (κ2) is 8.57. The summed E-state index contributed by atoms with van der Waals surface area (Å²) in [7, 11) is 0. The van der Waals surface area contributed by atoms with Crippen molar-refractivity contribution in [3.63, 3.8) is 0 Å². The second-order valence-electron chi connectivity index (χ2n) is 8.04. The smallest absolute Gasteiger partial charge is 0.267 e. The highest BCUT2D eigenvalue weighted by Crippen LogP contribution is 2.39. The predicted octanol–water partition coefficient (Wildman–Crippen LogP) is 2.23. The summed E-state index contributed by atoms with van der Waals surface area (Å²) in [5, 5.41) is 0. The van der Waals surface area contributed by atoms with Gasteiger partial charge in [0.2, 0.25) is 5.91 Å². The molecular weight excluding hydrogens is 388 g/mol. The Morgan fingerprint density at radius 1 is 1.33 bits per heavy atom. The van der Waals surface area contributed by atoms with E-state index in [0.29, 0.717) is 43.0 Å². The molecule has 2 atom stereocenters. The summed E-state index contributed by atoms with van der Waals surface area (Å²) in [4.78, 5) is 43.3. The van der Waals surface area contributed by atoms with Crippen LogP contribution in [0, 0.1) is 0 Å². The Hall–Kier alpha value is -2.71. The molecule has 1 N–H and O–H groups in total. The number of hydrogen-bond acceptors (Lipinski definition) is 6. The number of benzene rings is 1. The topological polar surface area (TPSA) is 94.2 Å². The lowest BCUT2D eigenvalue weighted by atomic mass is 9.88. The molecule has 0 radical (unpaired) electrons. The first-order valence-electron chi connectivity index (χ1n) is 10.3. The number of carbonyl (C=O) groups is 3. The molecule has 30 heavy (non-hydrogen) atoms. The van der Waals surface area contributed by atoms with Crippen LogP contribution in [0.5, 0.6) is 5.75 Å². The van der Waals surface area contributed by atoms with Crippen LogP contribution < -0.4 is 10.2 Å². The quantitative estimate of drug-likeness (QED) is 0.600. The number of ketones is 1. The molecule has 1 aromatic rings. The maximum Gasteiger partial charge on any atom is 0.267 e. The van der Waals surface area contributed by atoms with Crippen molar-refractivity contribution in [1.82, 2.24) is 10.4 Å². The molecule has 1 aromatic carbocycles. The van der Waals surface area contributed by atoms with Crippen molar-refractivity contribution in [2.45, 2.75) is 50.9 Å². The molecule has 8 heteroatoms. The molecule has 160 valence electrons. The summed E-state index contributed by atoms with van der Waals surface area (Å²) in [6.07, 6.45) is 6.21. The lowest BCUT2D eigenvalue weighted by Crippen LogP contribution is -2.45. The average Bonchev–Trinajstić information content (AvgIpc) is 3.15. The van der Waals surface area contributed by atoms with Crippen LogP contribution >= 0.6 is 0 Å². The van der Waals surface area contributed by atoms with Crippen molar-refractivity contribution in [2.24, 2.45) is 0 Å². The van der Waals surface area contributed by atoms with Crippen LogP contribution in [0.3, 0.4) is 0 Å². The van der Waals surface area contributed by atoms with Gasteiger partial charge in [-0.25, -0.2) is 10.3 Å². The van der Waals surface area contributed by atoms with Gasteiger partial charge in [-0.1, -0.05) is 6.07 Å². The first-order valence-corrected chi connectivity index (χ1v) is 10.3. The van der Waals surface area contributed by atoms with Crippen molar-refractivity contribution in [3.8, 4) is 5.75 Å². The number of ether oxygens (including phenoxy) is 2. The molecule has 4 rings (SSSR count). The van der Waals surface area contributed by atoms with E-state index in [-0.39, 0.29) is 18.1 Å². The Bertz CT molecular complexity index is 876. The summed E-state index contributed by atoms with van der Waals surface area (Å²) in [5.74, 6) is 0.0976. The van der Waals surface area contributed by atoms with Crippen molar-refractivity contribution in [2.75, 3.05) is 19.7 Å². The Morgan fingerprint density at radius 2 is 2.20 bits per heavy atom. The van der Waals surface area contributed by atoms with E-state index in [2.05, 4.69) is 5.48 Å². The number of carbonyl (C=O) groups excluding carboxylic acids is 3. The van der Waals surface area contributed by atoms with Crippen LogP contribution in [0.25, 0.3) is 6.08 Å². The number of nitrogens with zero attached hydrogens (tertiary/aromatic N) is 1. The van der Waals surface area contributed by atoms with Gasteiger partial charge in [-0.05, 0) is 36.6 Å². The van der Waals surface area contributed by atoms with E-state index >= 15 is 0 Å². The monoisotopic (exact) mass is 414 g/mol. The van der Waals surface area contributed by atoms with Crippen molar-refractivity contribution < 1.29 is 28.7 Å². The lowest BCUT2D eigenvalue weighted by Gasteiger charge is -2.34. The van der Waals surface area contributed by atoms with E-state index in [1.54, 1.807) is 29.2 Å². The highest BCUT2D eigenvalue weighted by molar-refractivity contribution is 6.01. The molecule has 1 spiro atoms. The van der Waals surface area contributed by atoms with Gasteiger partial charge in [-0.2, -0.15) is 0 Å². The summed E-state index contributed by atoms with van der Waals surface area (Å²) in [5.41, 5.74) is 2.94. The van der Waals surface area contributed by atoms with Gasteiger partial charge in [0.15, 0.2) is 12.1 Å². The molecule has 0 bridgehead atoms. The molecule has 8 nitrogen and oxygen atoms in total. The number of hydroxylamine groups is 1. The van der Waals surface area contributed by atoms with Gasteiger partial charge in [-0.3, -0.25) is 14.4 Å². The van der Waals surface area contributed by atoms with Crippen LogP contribution in [0.15, 0.2) is 24.3 Å². The molecule has 3 heterocycles. The fourth-order valence-corrected chi connectivity index (χ4v) is 4.09. The minimum Gasteiger partial charge on any atom is -0.484 e. The van der Waals surface area contributed by atoms with Gasteiger partial charge >= 0.3 is 0 Å². The highest BCUT2D eigenvalue weighted by atomic mass is 16.8. The third kappa shape index (κ3) is 4.55. The van der Waals surface area contributed by atoms with Crippen molar-refractivity contribution >= 4 is 23.7 Å². The molecule has 0 aliphatic carbocycles. The SMILES string of the molecule is CC(=O)N1CCC2(CC(=O)c3cc(C=CC(=O)NOC4CCCCO4)ccc3O2)C1. The standard InChI is InChI=1S/C22H26N2O6/c1-15(25)24-10-9-22(14-24)13-18(26)17-12-16(5-7-19(17)29-22)6-8-20(27)23-30-21-4-2-3-11-28-21/h5-8,12,21H,2-4,9-11,13-14H2,1H3,(H,23,27). The zero-order valence-corrected chi connectivity index (χ0v) is 17.0. The summed E-state index contributed by atoms with van der Waals surface area (Å²) < 4.78 is 11.6. The van der Waals surface area contributed by atoms with Crippen molar-refractivity contribution in [3.05, 3.63) is 35.4 Å². The molecule has 0 saturated carbocycles. The van der Waals surface area contributed by atoms with E-state index < -0.39 is 17.8 Å². The van der Waals surface area contributed by atoms with Crippen LogP contribution in [0.4, 0.5) is 0 Å². The minimum atomic E-state index is -0.633. The largest absolute Gasteiger partial charge is 0.484 e. The van der Waals surface area contributed by atoms with E-state index in [1.165, 1.54) is 13.0 Å². The Kier molecular flexibility index (Phi) is 5.87. The Labute approximate surface area is 175 Å². The zero-order valence-electron chi connectivity index (χ0n) is 17.0. The van der Waals surface area contributed by atoms with Crippen LogP contribution in [-0.4, -0.2) is 54.1 Å². The Balaban J connectivity index is 1.38. The summed E-state index contributed by atoms with van der Waals surface area (Å²) >= 11 is 0. The van der Waals surface area contributed by atoms with Gasteiger partial charge < -0.3 is 14.4 Å². The zero-order chi connectivity index (χ0) is 21.1. The molecule has 3 aliphatic rings. The predicted molar refractivity (Wildman–Crippen MR) is 107 cm³/mol. The van der Waals surface area contributed by atoms with Gasteiger partial charge in [-0.15, -0.1) is 0 Å². The number of rotatable bonds is 4. The van der Waals surface area contributed by atoms with Crippen molar-refractivity contribution in [1.29, 1.82) is 0 Å². The summed E-state index contributed by atoms with van der Waals surface area (Å²) in [6, 6.07) is 5.25. The fourth-order valence-electron chi connectivity index (χ4n) is 4.09. The highest BCUT2D eigenvalue weighted by Gasteiger charge is 2.46. The van der Waals surface area contributed by atoms with Gasteiger partial charge in [0.1, 0.15) is 11.4 Å². The second-order valence-corrected chi connectivity index (χ2v) is 8.04. The molecule has 0 aromatic heterocycles. The minimum absolute atomic E-state index is 0.00786. The first kappa shape index (κ1) is 20.6. The number of likely N-dealkylation sites (tertiary alicyclic amines) is 1. The Morgan fingerprint density at radius 3 is 2.93 bits per heavy atom. The van der Waals surface area contributed by atoms with Crippen LogP contribution in [0.1, 0.15) is 54.9 Å². The fraction of sp³-hybridized carbons (Fsp3) is 0.500. The number of hydrogen-bond donors (Lipinski definition) is 1. The number of Topliss-reactive ketones (excluding diaryl/α,β-unsaturated/α-hetero) is 1. The average molecular weight is 414 g/mol. The molecule has 2 fully saturated rings.